The number of hydrogen-bond acceptors (Lipinski definition) is 4. The van der Waals surface area contributed by atoms with E-state index in [1.165, 1.54) is 11.9 Å². The molecule has 0 aliphatic carbocycles. The Hall–Kier alpha value is -1.34. The number of piperazine rings is 1. The van der Waals surface area contributed by atoms with Gasteiger partial charge >= 0.3 is 12.0 Å². The minimum Gasteiger partial charge on any atom is -0.480 e. The Morgan fingerprint density at radius 3 is 2.60 bits per heavy atom. The number of likely N-dealkylation sites (N-methyl/N-ethyl adjacent to an activating group) is 3. The summed E-state index contributed by atoms with van der Waals surface area (Å²) in [5.74, 6) is -0.973. The molecule has 1 aliphatic rings. The molecule has 0 aromatic carbocycles. The van der Waals surface area contributed by atoms with Crippen LogP contribution in [0.5, 0.6) is 0 Å². The molecule has 2 N–H and O–H groups in total. The van der Waals surface area contributed by atoms with Gasteiger partial charge in [0, 0.05) is 39.3 Å². The molecule has 7 nitrogen and oxygen atoms in total. The first kappa shape index (κ1) is 16.7. The largest absolute Gasteiger partial charge is 0.480 e. The van der Waals surface area contributed by atoms with Gasteiger partial charge in [-0.05, 0) is 20.5 Å². The Morgan fingerprint density at radius 2 is 2.05 bits per heavy atom. The molecule has 1 saturated heterocycles. The average Bonchev–Trinajstić information content (AvgIpc) is 2.39. The molecule has 1 heterocycles. The summed E-state index contributed by atoms with van der Waals surface area (Å²) in [6.45, 7) is 5.18. The lowest BCUT2D eigenvalue weighted by Gasteiger charge is -2.38. The van der Waals surface area contributed by atoms with Crippen molar-refractivity contribution in [3.8, 4) is 0 Å². The maximum absolute atomic E-state index is 12.0. The monoisotopic (exact) mass is 286 g/mol. The van der Waals surface area contributed by atoms with Crippen molar-refractivity contribution in [1.82, 2.24) is 20.0 Å². The van der Waals surface area contributed by atoms with E-state index in [0.29, 0.717) is 13.0 Å². The van der Waals surface area contributed by atoms with Gasteiger partial charge in [-0.15, -0.1) is 0 Å². The van der Waals surface area contributed by atoms with E-state index in [4.69, 9.17) is 5.11 Å². The third kappa shape index (κ3) is 4.35. The van der Waals surface area contributed by atoms with Gasteiger partial charge in [-0.3, -0.25) is 4.90 Å². The van der Waals surface area contributed by atoms with Crippen LogP contribution in [-0.4, -0.2) is 91.2 Å². The number of aliphatic carboxylic acids is 1. The predicted molar refractivity (Wildman–Crippen MR) is 76.8 cm³/mol. The molecule has 1 fully saturated rings. The van der Waals surface area contributed by atoms with Crippen molar-refractivity contribution in [2.45, 2.75) is 25.4 Å². The lowest BCUT2D eigenvalue weighted by Crippen LogP contribution is -2.56. The van der Waals surface area contributed by atoms with Gasteiger partial charge in [-0.25, -0.2) is 9.59 Å². The van der Waals surface area contributed by atoms with Crippen LogP contribution in [0.3, 0.4) is 0 Å². The molecule has 1 rings (SSSR count). The van der Waals surface area contributed by atoms with Crippen molar-refractivity contribution < 1.29 is 14.7 Å². The van der Waals surface area contributed by atoms with Crippen LogP contribution >= 0.6 is 0 Å². The lowest BCUT2D eigenvalue weighted by molar-refractivity contribution is -0.141. The van der Waals surface area contributed by atoms with Gasteiger partial charge in [0.2, 0.25) is 0 Å². The van der Waals surface area contributed by atoms with Crippen molar-refractivity contribution in [3.05, 3.63) is 0 Å². The summed E-state index contributed by atoms with van der Waals surface area (Å²) in [6, 6.07) is -0.848. The van der Waals surface area contributed by atoms with Crippen molar-refractivity contribution in [1.29, 1.82) is 0 Å². The molecule has 1 aliphatic heterocycles. The van der Waals surface area contributed by atoms with E-state index in [0.717, 1.165) is 19.6 Å². The zero-order chi connectivity index (χ0) is 15.3. The molecule has 20 heavy (non-hydrogen) atoms. The Labute approximate surface area is 120 Å². The van der Waals surface area contributed by atoms with E-state index >= 15 is 0 Å². The number of hydrogen-bond donors (Lipinski definition) is 2. The number of amides is 2. The second-order valence-electron chi connectivity index (χ2n) is 5.46. The van der Waals surface area contributed by atoms with E-state index in [9.17, 15) is 9.59 Å². The highest BCUT2D eigenvalue weighted by molar-refractivity contribution is 5.82. The molecule has 0 radical (unpaired) electrons. The highest BCUT2D eigenvalue weighted by atomic mass is 16.4. The fourth-order valence-corrected chi connectivity index (χ4v) is 2.41. The first-order valence-electron chi connectivity index (χ1n) is 6.99. The highest BCUT2D eigenvalue weighted by Crippen LogP contribution is 2.06. The molecule has 0 spiro atoms. The van der Waals surface area contributed by atoms with Gasteiger partial charge in [0.15, 0.2) is 0 Å². The zero-order valence-electron chi connectivity index (χ0n) is 12.8. The van der Waals surface area contributed by atoms with Crippen LogP contribution in [0.1, 0.15) is 13.3 Å². The molecule has 0 aromatic rings. The summed E-state index contributed by atoms with van der Waals surface area (Å²) >= 11 is 0. The molecule has 0 aromatic heterocycles. The van der Waals surface area contributed by atoms with Crippen LogP contribution in [0, 0.1) is 0 Å². The fraction of sp³-hybridized carbons (Fsp3) is 0.846. The predicted octanol–water partition coefficient (Wildman–Crippen LogP) is -0.263. The summed E-state index contributed by atoms with van der Waals surface area (Å²) < 4.78 is 0. The summed E-state index contributed by atoms with van der Waals surface area (Å²) in [7, 11) is 5.62. The smallest absolute Gasteiger partial charge is 0.326 e. The van der Waals surface area contributed by atoms with E-state index in [1.807, 2.05) is 7.05 Å². The van der Waals surface area contributed by atoms with Crippen LogP contribution in [0.4, 0.5) is 4.79 Å². The molecular formula is C13H26N4O3. The molecule has 0 bridgehead atoms. The van der Waals surface area contributed by atoms with Crippen LogP contribution in [0.2, 0.25) is 0 Å². The summed E-state index contributed by atoms with van der Waals surface area (Å²) in [4.78, 5) is 28.7. The van der Waals surface area contributed by atoms with E-state index in [-0.39, 0.29) is 12.1 Å². The molecule has 116 valence electrons. The Bertz CT molecular complexity index is 351. The quantitative estimate of drug-likeness (QED) is 0.728. The van der Waals surface area contributed by atoms with E-state index < -0.39 is 12.0 Å². The van der Waals surface area contributed by atoms with Crippen LogP contribution in [-0.2, 0) is 4.79 Å². The number of nitrogens with zero attached hydrogens (tertiary/aromatic N) is 3. The number of rotatable bonds is 5. The minimum atomic E-state index is -0.973. The third-order valence-corrected chi connectivity index (χ3v) is 3.93. The lowest BCUT2D eigenvalue weighted by atomic mass is 10.2. The Morgan fingerprint density at radius 1 is 1.40 bits per heavy atom. The normalized spacial score (nSPS) is 22.3. The topological polar surface area (TPSA) is 76.1 Å². The standard InChI is InChI=1S/C13H26N4O3/c1-5-11(12(18)19)17(4)13(20)14-8-10-9-15(2)6-7-16(10)3/h10-11H,5-9H2,1-4H3,(H,14,20)(H,18,19). The first-order valence-corrected chi connectivity index (χ1v) is 6.99. The van der Waals surface area contributed by atoms with Crippen molar-refractivity contribution >= 4 is 12.0 Å². The second kappa shape index (κ2) is 7.44. The van der Waals surface area contributed by atoms with E-state index in [1.54, 1.807) is 6.92 Å². The van der Waals surface area contributed by atoms with Gasteiger partial charge in [-0.1, -0.05) is 6.92 Å². The van der Waals surface area contributed by atoms with Crippen molar-refractivity contribution in [2.24, 2.45) is 0 Å². The zero-order valence-corrected chi connectivity index (χ0v) is 12.8. The minimum absolute atomic E-state index is 0.260. The molecule has 2 unspecified atom stereocenters. The van der Waals surface area contributed by atoms with Gasteiger partial charge in [0.1, 0.15) is 6.04 Å². The van der Waals surface area contributed by atoms with Crippen LogP contribution in [0.15, 0.2) is 0 Å². The first-order chi connectivity index (χ1) is 9.36. The van der Waals surface area contributed by atoms with Crippen molar-refractivity contribution in [3.63, 3.8) is 0 Å². The second-order valence-corrected chi connectivity index (χ2v) is 5.46. The maximum Gasteiger partial charge on any atom is 0.326 e. The fourth-order valence-electron chi connectivity index (χ4n) is 2.41. The summed E-state index contributed by atoms with van der Waals surface area (Å²) in [6.07, 6.45) is 0.394. The number of carbonyl (C=O) groups is 2. The number of urea groups is 1. The number of carboxylic acids is 1. The third-order valence-electron chi connectivity index (χ3n) is 3.93. The molecule has 2 amide bonds. The van der Waals surface area contributed by atoms with Crippen molar-refractivity contribution in [2.75, 3.05) is 47.3 Å². The average molecular weight is 286 g/mol. The number of carboxylic acid groups (broad SMARTS) is 1. The van der Waals surface area contributed by atoms with Crippen LogP contribution < -0.4 is 5.32 Å². The number of carbonyl (C=O) groups excluding carboxylic acids is 1. The highest BCUT2D eigenvalue weighted by Gasteiger charge is 2.26. The van der Waals surface area contributed by atoms with E-state index in [2.05, 4.69) is 22.2 Å². The molecule has 7 heteroatoms. The summed E-state index contributed by atoms with van der Waals surface area (Å²) in [5.41, 5.74) is 0. The number of nitrogens with one attached hydrogen (secondary N) is 1. The van der Waals surface area contributed by atoms with Gasteiger partial charge in [0.05, 0.1) is 0 Å². The Kier molecular flexibility index (Phi) is 6.22. The summed E-state index contributed by atoms with van der Waals surface area (Å²) in [5, 5.41) is 11.9. The van der Waals surface area contributed by atoms with Gasteiger partial charge in [0.25, 0.3) is 0 Å². The molecular weight excluding hydrogens is 260 g/mol. The maximum atomic E-state index is 12.0. The van der Waals surface area contributed by atoms with Gasteiger partial charge < -0.3 is 20.2 Å². The molecule has 2 atom stereocenters. The molecule has 0 saturated carbocycles. The van der Waals surface area contributed by atoms with Crippen LogP contribution in [0.25, 0.3) is 0 Å². The SMILES string of the molecule is CCC(C(=O)O)N(C)C(=O)NCC1CN(C)CCN1C. The van der Waals surface area contributed by atoms with Gasteiger partial charge in [-0.2, -0.15) is 0 Å². The Balaban J connectivity index is 2.47.